The van der Waals surface area contributed by atoms with Crippen LogP contribution in [0.1, 0.15) is 45.3 Å². The van der Waals surface area contributed by atoms with Gasteiger partial charge in [-0.15, -0.1) is 0 Å². The lowest BCUT2D eigenvalue weighted by Crippen LogP contribution is -2.28. The number of aromatic nitrogens is 1. The van der Waals surface area contributed by atoms with Gasteiger partial charge >= 0.3 is 6.09 Å². The van der Waals surface area contributed by atoms with Crippen LogP contribution in [0.15, 0.2) is 18.3 Å². The van der Waals surface area contributed by atoms with Gasteiger partial charge in [-0.3, -0.25) is 10.3 Å². The molecule has 1 amide bonds. The monoisotopic (exact) mass is 263 g/mol. The molecule has 2 heterocycles. The van der Waals surface area contributed by atoms with Crippen LogP contribution in [0.25, 0.3) is 0 Å². The van der Waals surface area contributed by atoms with Gasteiger partial charge in [-0.25, -0.2) is 4.79 Å². The van der Waals surface area contributed by atoms with E-state index < -0.39 is 11.7 Å². The average Bonchev–Trinajstić information content (AvgIpc) is 2.80. The van der Waals surface area contributed by atoms with E-state index >= 15 is 0 Å². The van der Waals surface area contributed by atoms with Crippen LogP contribution in [0.2, 0.25) is 0 Å². The molecule has 1 fully saturated rings. The molecule has 1 aliphatic rings. The van der Waals surface area contributed by atoms with Crippen molar-refractivity contribution in [2.45, 2.75) is 45.3 Å². The van der Waals surface area contributed by atoms with Crippen LogP contribution >= 0.6 is 0 Å². The summed E-state index contributed by atoms with van der Waals surface area (Å²) in [7, 11) is 0. The molecule has 1 aromatic heterocycles. The van der Waals surface area contributed by atoms with E-state index in [1.165, 1.54) is 0 Å². The molecule has 104 valence electrons. The summed E-state index contributed by atoms with van der Waals surface area (Å²) >= 11 is 0. The number of anilines is 1. The lowest BCUT2D eigenvalue weighted by Gasteiger charge is -2.21. The number of rotatable bonds is 2. The zero-order chi connectivity index (χ0) is 13.9. The number of amides is 1. The van der Waals surface area contributed by atoms with Gasteiger partial charge in [-0.2, -0.15) is 0 Å². The first kappa shape index (κ1) is 13.8. The van der Waals surface area contributed by atoms with Crippen LogP contribution < -0.4 is 10.6 Å². The van der Waals surface area contributed by atoms with Crippen molar-refractivity contribution in [1.29, 1.82) is 0 Å². The number of nitrogens with one attached hydrogen (secondary N) is 2. The molecular formula is C14H21N3O2. The van der Waals surface area contributed by atoms with Gasteiger partial charge < -0.3 is 10.1 Å². The van der Waals surface area contributed by atoms with E-state index in [0.717, 1.165) is 30.8 Å². The molecule has 0 radical (unpaired) electrons. The Morgan fingerprint density at radius 3 is 2.95 bits per heavy atom. The van der Waals surface area contributed by atoms with Gasteiger partial charge in [0, 0.05) is 6.20 Å². The van der Waals surface area contributed by atoms with Crippen LogP contribution in [-0.2, 0) is 4.74 Å². The Morgan fingerprint density at radius 1 is 1.53 bits per heavy atom. The summed E-state index contributed by atoms with van der Waals surface area (Å²) in [5, 5.41) is 6.16. The van der Waals surface area contributed by atoms with Gasteiger partial charge in [0.2, 0.25) is 0 Å². The van der Waals surface area contributed by atoms with Crippen molar-refractivity contribution in [3.05, 3.63) is 24.0 Å². The van der Waals surface area contributed by atoms with E-state index in [-0.39, 0.29) is 6.04 Å². The van der Waals surface area contributed by atoms with Crippen molar-refractivity contribution >= 4 is 11.8 Å². The summed E-state index contributed by atoms with van der Waals surface area (Å²) in [5.74, 6) is 0. The van der Waals surface area contributed by atoms with E-state index in [0.29, 0.717) is 0 Å². The smallest absolute Gasteiger partial charge is 0.412 e. The second-order valence-electron chi connectivity index (χ2n) is 5.71. The molecule has 1 atom stereocenters. The minimum absolute atomic E-state index is 0.214. The molecule has 1 aliphatic heterocycles. The summed E-state index contributed by atoms with van der Waals surface area (Å²) in [4.78, 5) is 16.2. The fourth-order valence-electron chi connectivity index (χ4n) is 2.13. The first-order valence-corrected chi connectivity index (χ1v) is 6.64. The number of hydrogen-bond donors (Lipinski definition) is 2. The maximum atomic E-state index is 11.8. The first-order valence-electron chi connectivity index (χ1n) is 6.64. The van der Waals surface area contributed by atoms with Gasteiger partial charge in [0.1, 0.15) is 5.60 Å². The molecular weight excluding hydrogens is 242 g/mol. The third-order valence-electron chi connectivity index (χ3n) is 2.86. The fraction of sp³-hybridized carbons (Fsp3) is 0.571. The van der Waals surface area contributed by atoms with Crippen LogP contribution in [0.4, 0.5) is 10.5 Å². The third-order valence-corrected chi connectivity index (χ3v) is 2.86. The van der Waals surface area contributed by atoms with Gasteiger partial charge in [0.05, 0.1) is 17.4 Å². The minimum Gasteiger partial charge on any atom is -0.444 e. The van der Waals surface area contributed by atoms with Crippen molar-refractivity contribution in [2.24, 2.45) is 0 Å². The molecule has 1 saturated heterocycles. The Labute approximate surface area is 113 Å². The van der Waals surface area contributed by atoms with Crippen molar-refractivity contribution in [3.63, 3.8) is 0 Å². The molecule has 5 heteroatoms. The molecule has 0 aromatic carbocycles. The molecule has 2 N–H and O–H groups in total. The van der Waals surface area contributed by atoms with E-state index in [4.69, 9.17) is 4.74 Å². The minimum atomic E-state index is -0.502. The van der Waals surface area contributed by atoms with Crippen molar-refractivity contribution in [1.82, 2.24) is 10.3 Å². The van der Waals surface area contributed by atoms with Crippen molar-refractivity contribution in [2.75, 3.05) is 11.9 Å². The summed E-state index contributed by atoms with van der Waals surface area (Å²) < 4.78 is 5.26. The molecule has 0 bridgehead atoms. The van der Waals surface area contributed by atoms with Gasteiger partial charge in [-0.05, 0) is 52.3 Å². The number of nitrogens with zero attached hydrogens (tertiary/aromatic N) is 1. The normalized spacial score (nSPS) is 19.2. The Hall–Kier alpha value is -1.62. The molecule has 1 aromatic rings. The lowest BCUT2D eigenvalue weighted by atomic mass is 10.1. The standard InChI is InChI=1S/C14H21N3O2/c1-14(2,3)19-13(18)17-11-7-5-9-16-12(11)10-6-4-8-15-10/h5,7,9-10,15H,4,6,8H2,1-3H3,(H,17,18)/t10-/m0/s1. The highest BCUT2D eigenvalue weighted by molar-refractivity contribution is 5.85. The van der Waals surface area contributed by atoms with E-state index in [9.17, 15) is 4.79 Å². The Kier molecular flexibility index (Phi) is 4.04. The second kappa shape index (κ2) is 5.57. The van der Waals surface area contributed by atoms with E-state index in [2.05, 4.69) is 15.6 Å². The number of carbonyl (C=O) groups excluding carboxylic acids is 1. The molecule has 19 heavy (non-hydrogen) atoms. The Bertz CT molecular complexity index is 448. The molecule has 5 nitrogen and oxygen atoms in total. The first-order chi connectivity index (χ1) is 8.96. The lowest BCUT2D eigenvalue weighted by molar-refractivity contribution is 0.0635. The zero-order valence-electron chi connectivity index (χ0n) is 11.7. The number of ether oxygens (including phenoxy) is 1. The van der Waals surface area contributed by atoms with Crippen molar-refractivity contribution < 1.29 is 9.53 Å². The molecule has 0 aliphatic carbocycles. The van der Waals surface area contributed by atoms with Gasteiger partial charge in [0.15, 0.2) is 0 Å². The molecule has 0 unspecified atom stereocenters. The van der Waals surface area contributed by atoms with E-state index in [1.807, 2.05) is 32.9 Å². The fourth-order valence-corrected chi connectivity index (χ4v) is 2.13. The van der Waals surface area contributed by atoms with Crippen LogP contribution in [0, 0.1) is 0 Å². The number of hydrogen-bond acceptors (Lipinski definition) is 4. The Balaban J connectivity index is 2.09. The summed E-state index contributed by atoms with van der Waals surface area (Å²) in [6.45, 7) is 6.52. The predicted octanol–water partition coefficient (Wildman–Crippen LogP) is 2.85. The second-order valence-corrected chi connectivity index (χ2v) is 5.71. The number of carbonyl (C=O) groups is 1. The maximum absolute atomic E-state index is 11.8. The van der Waals surface area contributed by atoms with E-state index in [1.54, 1.807) is 6.20 Å². The quantitative estimate of drug-likeness (QED) is 0.861. The highest BCUT2D eigenvalue weighted by atomic mass is 16.6. The largest absolute Gasteiger partial charge is 0.444 e. The summed E-state index contributed by atoms with van der Waals surface area (Å²) in [5.41, 5.74) is 1.10. The highest BCUT2D eigenvalue weighted by Crippen LogP contribution is 2.27. The van der Waals surface area contributed by atoms with Crippen LogP contribution in [0.3, 0.4) is 0 Å². The Morgan fingerprint density at radius 2 is 2.32 bits per heavy atom. The molecule has 0 saturated carbocycles. The van der Waals surface area contributed by atoms with Crippen LogP contribution in [0.5, 0.6) is 0 Å². The van der Waals surface area contributed by atoms with Crippen LogP contribution in [-0.4, -0.2) is 23.2 Å². The molecule has 0 spiro atoms. The van der Waals surface area contributed by atoms with Gasteiger partial charge in [-0.1, -0.05) is 0 Å². The predicted molar refractivity (Wildman–Crippen MR) is 74.1 cm³/mol. The van der Waals surface area contributed by atoms with Crippen molar-refractivity contribution in [3.8, 4) is 0 Å². The SMILES string of the molecule is CC(C)(C)OC(=O)Nc1cccnc1[C@@H]1CCCN1. The maximum Gasteiger partial charge on any atom is 0.412 e. The zero-order valence-corrected chi connectivity index (χ0v) is 11.7. The third kappa shape index (κ3) is 3.92. The average molecular weight is 263 g/mol. The number of pyridine rings is 1. The summed E-state index contributed by atoms with van der Waals surface area (Å²) in [6.07, 6.45) is 3.47. The highest BCUT2D eigenvalue weighted by Gasteiger charge is 2.22. The summed E-state index contributed by atoms with van der Waals surface area (Å²) in [6, 6.07) is 3.88. The topological polar surface area (TPSA) is 63.2 Å². The molecule has 2 rings (SSSR count). The van der Waals surface area contributed by atoms with Gasteiger partial charge in [0.25, 0.3) is 0 Å².